The number of hydrogen-bond acceptors (Lipinski definition) is 1. The summed E-state index contributed by atoms with van der Waals surface area (Å²) in [4.78, 5) is 14.6. The van der Waals surface area contributed by atoms with E-state index in [-0.39, 0.29) is 5.91 Å². The van der Waals surface area contributed by atoms with Crippen molar-refractivity contribution in [2.45, 2.75) is 19.3 Å². The number of benzene rings is 2. The van der Waals surface area contributed by atoms with Crippen molar-refractivity contribution in [3.05, 3.63) is 71.3 Å². The van der Waals surface area contributed by atoms with Crippen LogP contribution >= 0.6 is 0 Å². The molecule has 0 radical (unpaired) electrons. The molecule has 2 aromatic rings. The summed E-state index contributed by atoms with van der Waals surface area (Å²) in [6, 6.07) is 15.3. The van der Waals surface area contributed by atoms with Crippen molar-refractivity contribution in [2.75, 3.05) is 32.7 Å². The lowest BCUT2D eigenvalue weighted by atomic mass is 10.1. The van der Waals surface area contributed by atoms with Crippen molar-refractivity contribution < 1.29 is 27.8 Å². The zero-order valence-electron chi connectivity index (χ0n) is 15.7. The number of piperazine rings is 1. The summed E-state index contributed by atoms with van der Waals surface area (Å²) >= 11 is 0. The van der Waals surface area contributed by atoms with Crippen LogP contribution in [0.4, 0.5) is 13.2 Å². The summed E-state index contributed by atoms with van der Waals surface area (Å²) in [5.41, 5.74) is 1.18. The fourth-order valence-electron chi connectivity index (χ4n) is 3.54. The maximum absolute atomic E-state index is 12.8. The summed E-state index contributed by atoms with van der Waals surface area (Å²) in [7, 11) is 0. The molecule has 0 saturated carbocycles. The molecule has 0 bridgehead atoms. The third kappa shape index (κ3) is 6.07. The van der Waals surface area contributed by atoms with E-state index in [9.17, 15) is 18.0 Å². The van der Waals surface area contributed by atoms with Crippen LogP contribution in [0, 0.1) is 0 Å². The van der Waals surface area contributed by atoms with E-state index in [4.69, 9.17) is 0 Å². The van der Waals surface area contributed by atoms with E-state index < -0.39 is 11.7 Å². The van der Waals surface area contributed by atoms with Gasteiger partial charge in [0.25, 0.3) is 5.91 Å². The fourth-order valence-corrected chi connectivity index (χ4v) is 3.54. The molecule has 1 aliphatic rings. The number of hydrogen-bond donors (Lipinski definition) is 3. The zero-order chi connectivity index (χ0) is 20.0. The van der Waals surface area contributed by atoms with Crippen LogP contribution in [0.3, 0.4) is 0 Å². The molecular weight excluding hydrogens is 367 g/mol. The zero-order valence-corrected chi connectivity index (χ0v) is 15.7. The predicted octanol–water partition coefficient (Wildman–Crippen LogP) is 0.305. The largest absolute Gasteiger partial charge is 0.416 e. The van der Waals surface area contributed by atoms with Crippen LogP contribution < -0.4 is 15.1 Å². The van der Waals surface area contributed by atoms with Gasteiger partial charge in [0.15, 0.2) is 6.54 Å². The minimum atomic E-state index is -4.30. The molecule has 1 saturated heterocycles. The number of nitrogens with one attached hydrogen (secondary N) is 3. The lowest BCUT2D eigenvalue weighted by Crippen LogP contribution is -3.28. The highest BCUT2D eigenvalue weighted by Gasteiger charge is 2.31. The van der Waals surface area contributed by atoms with Crippen molar-refractivity contribution in [1.82, 2.24) is 5.32 Å². The van der Waals surface area contributed by atoms with Crippen LogP contribution in [0.1, 0.15) is 16.7 Å². The Hall–Kier alpha value is -2.38. The van der Waals surface area contributed by atoms with Crippen molar-refractivity contribution in [1.29, 1.82) is 0 Å². The number of alkyl halides is 3. The number of halogens is 3. The normalized spacial score (nSPS) is 20.0. The van der Waals surface area contributed by atoms with Gasteiger partial charge in [-0.25, -0.2) is 0 Å². The molecule has 7 heteroatoms. The van der Waals surface area contributed by atoms with Gasteiger partial charge in [0.05, 0.1) is 5.56 Å². The van der Waals surface area contributed by atoms with E-state index in [2.05, 4.69) is 5.32 Å². The highest BCUT2D eigenvalue weighted by Crippen LogP contribution is 2.29. The lowest BCUT2D eigenvalue weighted by Gasteiger charge is -2.29. The molecule has 1 heterocycles. The molecule has 0 aromatic heterocycles. The Morgan fingerprint density at radius 1 is 0.893 bits per heavy atom. The van der Waals surface area contributed by atoms with E-state index in [0.29, 0.717) is 25.2 Å². The van der Waals surface area contributed by atoms with Gasteiger partial charge in [-0.2, -0.15) is 13.2 Å². The summed E-state index contributed by atoms with van der Waals surface area (Å²) in [5, 5.41) is 2.94. The Bertz CT molecular complexity index is 772. The Balaban J connectivity index is 1.41. The van der Waals surface area contributed by atoms with Crippen LogP contribution in [0.15, 0.2) is 54.6 Å². The minimum Gasteiger partial charge on any atom is -0.347 e. The molecule has 1 aliphatic heterocycles. The van der Waals surface area contributed by atoms with Crippen LogP contribution in [-0.4, -0.2) is 38.6 Å². The van der Waals surface area contributed by atoms with Gasteiger partial charge in [0.1, 0.15) is 32.7 Å². The van der Waals surface area contributed by atoms with E-state index in [1.54, 1.807) is 6.07 Å². The molecule has 0 unspecified atom stereocenters. The first-order chi connectivity index (χ1) is 13.4. The molecule has 3 rings (SSSR count). The molecule has 0 aliphatic carbocycles. The van der Waals surface area contributed by atoms with Gasteiger partial charge >= 0.3 is 6.18 Å². The SMILES string of the molecule is O=C(C[NH+]1CC[NH+](Cc2cccc(C(F)(F)F)c2)CC1)NCc1ccccc1. The first-order valence-corrected chi connectivity index (χ1v) is 9.54. The van der Waals surface area contributed by atoms with Gasteiger partial charge in [-0.1, -0.05) is 42.5 Å². The van der Waals surface area contributed by atoms with Gasteiger partial charge in [0.2, 0.25) is 0 Å². The molecule has 28 heavy (non-hydrogen) atoms. The summed E-state index contributed by atoms with van der Waals surface area (Å²) in [6.07, 6.45) is -4.30. The minimum absolute atomic E-state index is 0.0279. The number of carbonyl (C=O) groups is 1. The highest BCUT2D eigenvalue weighted by molar-refractivity contribution is 5.76. The van der Waals surface area contributed by atoms with Gasteiger partial charge < -0.3 is 15.1 Å². The monoisotopic (exact) mass is 393 g/mol. The first-order valence-electron chi connectivity index (χ1n) is 9.54. The number of carbonyl (C=O) groups excluding carboxylic acids is 1. The summed E-state index contributed by atoms with van der Waals surface area (Å²) < 4.78 is 38.5. The lowest BCUT2D eigenvalue weighted by molar-refractivity contribution is -1.02. The summed E-state index contributed by atoms with van der Waals surface area (Å²) in [6.45, 7) is 4.91. The Kier molecular flexibility index (Phi) is 6.70. The quantitative estimate of drug-likeness (QED) is 0.649. The molecular formula is C21H26F3N3O+2. The Morgan fingerprint density at radius 3 is 2.21 bits per heavy atom. The van der Waals surface area contributed by atoms with Gasteiger partial charge in [0, 0.05) is 12.1 Å². The smallest absolute Gasteiger partial charge is 0.347 e. The second kappa shape index (κ2) is 9.21. The number of amides is 1. The molecule has 0 atom stereocenters. The molecule has 1 amide bonds. The van der Waals surface area contributed by atoms with Crippen LogP contribution in [0.25, 0.3) is 0 Å². The topological polar surface area (TPSA) is 38.0 Å². The summed E-state index contributed by atoms with van der Waals surface area (Å²) in [5.74, 6) is 0.0279. The van der Waals surface area contributed by atoms with E-state index in [1.165, 1.54) is 21.9 Å². The van der Waals surface area contributed by atoms with E-state index in [1.807, 2.05) is 30.3 Å². The number of quaternary nitrogens is 2. The molecule has 0 spiro atoms. The Morgan fingerprint density at radius 2 is 1.54 bits per heavy atom. The molecule has 4 nitrogen and oxygen atoms in total. The average molecular weight is 393 g/mol. The average Bonchev–Trinajstić information content (AvgIpc) is 2.68. The van der Waals surface area contributed by atoms with Crippen molar-refractivity contribution in [3.8, 4) is 0 Å². The standard InChI is InChI=1S/C21H24F3N3O/c22-21(23,24)19-8-4-7-18(13-19)15-26-9-11-27(12-10-26)16-20(28)25-14-17-5-2-1-3-6-17/h1-8,13H,9-12,14-16H2,(H,25,28)/p+2. The van der Waals surface area contributed by atoms with E-state index >= 15 is 0 Å². The maximum atomic E-state index is 12.8. The van der Waals surface area contributed by atoms with Crippen LogP contribution in [-0.2, 0) is 24.1 Å². The van der Waals surface area contributed by atoms with E-state index in [0.717, 1.165) is 37.8 Å². The first kappa shape index (κ1) is 20.4. The third-order valence-corrected chi connectivity index (χ3v) is 5.12. The highest BCUT2D eigenvalue weighted by atomic mass is 19.4. The third-order valence-electron chi connectivity index (χ3n) is 5.12. The molecule has 150 valence electrons. The molecule has 2 aromatic carbocycles. The van der Waals surface area contributed by atoms with Crippen molar-refractivity contribution >= 4 is 5.91 Å². The second-order valence-corrected chi connectivity index (χ2v) is 7.31. The van der Waals surface area contributed by atoms with Crippen LogP contribution in [0.2, 0.25) is 0 Å². The Labute approximate surface area is 162 Å². The predicted molar refractivity (Wildman–Crippen MR) is 99.7 cm³/mol. The van der Waals surface area contributed by atoms with Crippen molar-refractivity contribution in [2.24, 2.45) is 0 Å². The molecule has 1 fully saturated rings. The maximum Gasteiger partial charge on any atom is 0.416 e. The molecule has 3 N–H and O–H groups in total. The number of rotatable bonds is 6. The van der Waals surface area contributed by atoms with Gasteiger partial charge in [-0.05, 0) is 17.7 Å². The second-order valence-electron chi connectivity index (χ2n) is 7.31. The van der Waals surface area contributed by atoms with Crippen molar-refractivity contribution in [3.63, 3.8) is 0 Å². The van der Waals surface area contributed by atoms with Gasteiger partial charge in [-0.3, -0.25) is 4.79 Å². The van der Waals surface area contributed by atoms with Crippen LogP contribution in [0.5, 0.6) is 0 Å². The van der Waals surface area contributed by atoms with Gasteiger partial charge in [-0.15, -0.1) is 0 Å². The fraction of sp³-hybridized carbons (Fsp3) is 0.381.